The van der Waals surface area contributed by atoms with Gasteiger partial charge in [0.2, 0.25) is 0 Å². The topological polar surface area (TPSA) is 75.0 Å². The van der Waals surface area contributed by atoms with Crippen LogP contribution in [0.15, 0.2) is 45.6 Å². The molecule has 2 aromatic carbocycles. The van der Waals surface area contributed by atoms with Gasteiger partial charge in [-0.25, -0.2) is 4.79 Å². The zero-order valence-corrected chi connectivity index (χ0v) is 16.4. The summed E-state index contributed by atoms with van der Waals surface area (Å²) < 4.78 is 21.3. The molecule has 0 spiro atoms. The number of fused-ring (bicyclic) bond motifs is 2. The SMILES string of the molecule is COc1ccc(CC(=O)OCc2cc(=O)oc3cc4c(cc23)CCC4)cc1OC. The highest BCUT2D eigenvalue weighted by Gasteiger charge is 2.16. The van der Waals surface area contributed by atoms with Crippen LogP contribution in [0, 0.1) is 0 Å². The van der Waals surface area contributed by atoms with Crippen LogP contribution in [-0.2, 0) is 35.4 Å². The Morgan fingerprint density at radius 3 is 2.52 bits per heavy atom. The van der Waals surface area contributed by atoms with Crippen molar-refractivity contribution in [2.75, 3.05) is 14.2 Å². The fourth-order valence-corrected chi connectivity index (χ4v) is 3.78. The number of ether oxygens (including phenoxy) is 3. The van der Waals surface area contributed by atoms with Gasteiger partial charge in [-0.3, -0.25) is 4.79 Å². The Kier molecular flexibility index (Phi) is 5.25. The lowest BCUT2D eigenvalue weighted by atomic mass is 10.0. The summed E-state index contributed by atoms with van der Waals surface area (Å²) in [5.41, 5.74) is 4.01. The van der Waals surface area contributed by atoms with Gasteiger partial charge in [0.05, 0.1) is 20.6 Å². The minimum absolute atomic E-state index is 0.0208. The second-order valence-electron chi connectivity index (χ2n) is 7.09. The molecule has 1 aliphatic carbocycles. The fraction of sp³-hybridized carbons (Fsp3) is 0.304. The maximum Gasteiger partial charge on any atom is 0.336 e. The molecule has 0 fully saturated rings. The van der Waals surface area contributed by atoms with Gasteiger partial charge in [-0.2, -0.15) is 0 Å². The summed E-state index contributed by atoms with van der Waals surface area (Å²) in [7, 11) is 3.10. The standard InChI is InChI=1S/C23H22O6/c1-26-19-7-6-14(8-21(19)27-2)9-22(24)28-13-17-12-23(25)29-20-11-16-5-3-4-15(16)10-18(17)20/h6-8,10-12H,3-5,9,13H2,1-2H3. The molecule has 6 nitrogen and oxygen atoms in total. The molecule has 0 bridgehead atoms. The number of carbonyl (C=O) groups excluding carboxylic acids is 1. The number of rotatable bonds is 6. The van der Waals surface area contributed by atoms with Crippen molar-refractivity contribution in [1.82, 2.24) is 0 Å². The summed E-state index contributed by atoms with van der Waals surface area (Å²) in [6, 6.07) is 10.7. The van der Waals surface area contributed by atoms with E-state index in [1.165, 1.54) is 17.2 Å². The molecule has 0 aliphatic heterocycles. The third-order valence-electron chi connectivity index (χ3n) is 5.23. The maximum atomic E-state index is 12.4. The zero-order chi connectivity index (χ0) is 20.4. The maximum absolute atomic E-state index is 12.4. The molecule has 6 heteroatoms. The van der Waals surface area contributed by atoms with Crippen molar-refractivity contribution in [2.24, 2.45) is 0 Å². The molecular formula is C23H22O6. The number of methoxy groups -OCH3 is 2. The Labute approximate surface area is 168 Å². The van der Waals surface area contributed by atoms with Gasteiger partial charge >= 0.3 is 11.6 Å². The van der Waals surface area contributed by atoms with Crippen LogP contribution in [-0.4, -0.2) is 20.2 Å². The van der Waals surface area contributed by atoms with Crippen molar-refractivity contribution in [2.45, 2.75) is 32.3 Å². The normalized spacial score (nSPS) is 12.6. The highest BCUT2D eigenvalue weighted by atomic mass is 16.5. The van der Waals surface area contributed by atoms with Gasteiger partial charge in [-0.1, -0.05) is 6.07 Å². The Morgan fingerprint density at radius 1 is 1.00 bits per heavy atom. The van der Waals surface area contributed by atoms with Crippen molar-refractivity contribution in [3.63, 3.8) is 0 Å². The predicted molar refractivity (Wildman–Crippen MR) is 108 cm³/mol. The Hall–Kier alpha value is -3.28. The molecule has 1 aliphatic rings. The number of aryl methyl sites for hydroxylation is 2. The van der Waals surface area contributed by atoms with Crippen LogP contribution in [0.1, 0.15) is 28.7 Å². The highest BCUT2D eigenvalue weighted by molar-refractivity contribution is 5.82. The van der Waals surface area contributed by atoms with E-state index in [0.29, 0.717) is 22.6 Å². The van der Waals surface area contributed by atoms with Crippen molar-refractivity contribution in [1.29, 1.82) is 0 Å². The molecule has 0 saturated heterocycles. The monoisotopic (exact) mass is 394 g/mol. The van der Waals surface area contributed by atoms with Crippen LogP contribution in [0.25, 0.3) is 11.0 Å². The molecule has 1 aromatic heterocycles. The highest BCUT2D eigenvalue weighted by Crippen LogP contribution is 2.29. The molecule has 0 saturated carbocycles. The molecule has 150 valence electrons. The third-order valence-corrected chi connectivity index (χ3v) is 5.23. The van der Waals surface area contributed by atoms with E-state index in [1.54, 1.807) is 32.4 Å². The minimum Gasteiger partial charge on any atom is -0.493 e. The Morgan fingerprint density at radius 2 is 1.76 bits per heavy atom. The quantitative estimate of drug-likeness (QED) is 0.470. The predicted octanol–water partition coefficient (Wildman–Crippen LogP) is 3.58. The summed E-state index contributed by atoms with van der Waals surface area (Å²) >= 11 is 0. The first kappa shape index (κ1) is 19.1. The lowest BCUT2D eigenvalue weighted by molar-refractivity contribution is -0.144. The van der Waals surface area contributed by atoms with Crippen LogP contribution in [0.3, 0.4) is 0 Å². The number of hydrogen-bond donors (Lipinski definition) is 0. The van der Waals surface area contributed by atoms with Crippen molar-refractivity contribution < 1.29 is 23.4 Å². The summed E-state index contributed by atoms with van der Waals surface area (Å²) in [6.45, 7) is 0.0208. The smallest absolute Gasteiger partial charge is 0.336 e. The van der Waals surface area contributed by atoms with E-state index < -0.39 is 5.63 Å². The van der Waals surface area contributed by atoms with Crippen molar-refractivity contribution >= 4 is 16.9 Å². The van der Waals surface area contributed by atoms with Gasteiger partial charge in [0.1, 0.15) is 12.2 Å². The molecule has 0 unspecified atom stereocenters. The first-order chi connectivity index (χ1) is 14.1. The second-order valence-corrected chi connectivity index (χ2v) is 7.09. The van der Waals surface area contributed by atoms with Gasteiger partial charge in [0, 0.05) is 17.0 Å². The lowest BCUT2D eigenvalue weighted by Crippen LogP contribution is -2.10. The summed E-state index contributed by atoms with van der Waals surface area (Å²) in [5.74, 6) is 0.762. The number of esters is 1. The molecule has 0 amide bonds. The fourth-order valence-electron chi connectivity index (χ4n) is 3.78. The van der Waals surface area contributed by atoms with Gasteiger partial charge < -0.3 is 18.6 Å². The first-order valence-electron chi connectivity index (χ1n) is 9.52. The van der Waals surface area contributed by atoms with Gasteiger partial charge in [0.25, 0.3) is 0 Å². The third kappa shape index (κ3) is 3.97. The number of benzene rings is 2. The van der Waals surface area contributed by atoms with E-state index in [1.807, 2.05) is 6.07 Å². The lowest BCUT2D eigenvalue weighted by Gasteiger charge is -2.11. The Bertz CT molecular complexity index is 1130. The van der Waals surface area contributed by atoms with Gasteiger partial charge in [-0.05, 0) is 60.2 Å². The molecule has 0 atom stereocenters. The Balaban J connectivity index is 1.51. The van der Waals surface area contributed by atoms with Gasteiger partial charge in [-0.15, -0.1) is 0 Å². The zero-order valence-electron chi connectivity index (χ0n) is 16.4. The summed E-state index contributed by atoms with van der Waals surface area (Å²) in [4.78, 5) is 24.3. The summed E-state index contributed by atoms with van der Waals surface area (Å²) in [5, 5.41) is 0.823. The molecule has 3 aromatic rings. The van der Waals surface area contributed by atoms with Crippen LogP contribution in [0.5, 0.6) is 11.5 Å². The van der Waals surface area contributed by atoms with E-state index in [0.717, 1.165) is 30.2 Å². The van der Waals surface area contributed by atoms with Crippen LogP contribution < -0.4 is 15.1 Å². The largest absolute Gasteiger partial charge is 0.493 e. The van der Waals surface area contributed by atoms with E-state index >= 15 is 0 Å². The van der Waals surface area contributed by atoms with Crippen molar-refractivity contribution in [3.05, 3.63) is 69.1 Å². The van der Waals surface area contributed by atoms with Gasteiger partial charge in [0.15, 0.2) is 11.5 Å². The molecule has 4 rings (SSSR count). The molecule has 0 N–H and O–H groups in total. The first-order valence-corrected chi connectivity index (χ1v) is 9.52. The van der Waals surface area contributed by atoms with E-state index in [4.69, 9.17) is 18.6 Å². The molecular weight excluding hydrogens is 372 g/mol. The average Bonchev–Trinajstić information content (AvgIpc) is 3.17. The minimum atomic E-state index is -0.443. The van der Waals surface area contributed by atoms with Crippen molar-refractivity contribution in [3.8, 4) is 11.5 Å². The number of carbonyl (C=O) groups is 1. The average molecular weight is 394 g/mol. The van der Waals surface area contributed by atoms with E-state index in [-0.39, 0.29) is 19.0 Å². The summed E-state index contributed by atoms with van der Waals surface area (Å²) in [6.07, 6.45) is 3.21. The van der Waals surface area contributed by atoms with Crippen LogP contribution in [0.4, 0.5) is 0 Å². The molecule has 1 heterocycles. The van der Waals surface area contributed by atoms with E-state index in [2.05, 4.69) is 6.07 Å². The molecule has 0 radical (unpaired) electrons. The van der Waals surface area contributed by atoms with Crippen LogP contribution >= 0.6 is 0 Å². The number of hydrogen-bond acceptors (Lipinski definition) is 6. The van der Waals surface area contributed by atoms with Crippen LogP contribution in [0.2, 0.25) is 0 Å². The second kappa shape index (κ2) is 7.99. The molecule has 29 heavy (non-hydrogen) atoms. The van der Waals surface area contributed by atoms with E-state index in [9.17, 15) is 9.59 Å².